The van der Waals surface area contributed by atoms with E-state index in [-0.39, 0.29) is 16.9 Å². The average Bonchev–Trinajstić information content (AvgIpc) is 2.82. The maximum atomic E-state index is 12.1. The van der Waals surface area contributed by atoms with E-state index in [4.69, 9.17) is 4.84 Å². The highest BCUT2D eigenvalue weighted by Crippen LogP contribution is 2.23. The number of benzene rings is 2. The van der Waals surface area contributed by atoms with Crippen molar-refractivity contribution in [3.8, 4) is 0 Å². The molecule has 2 amide bonds. The third kappa shape index (κ3) is 3.33. The van der Waals surface area contributed by atoms with E-state index in [0.717, 1.165) is 5.56 Å². The van der Waals surface area contributed by atoms with Crippen LogP contribution in [-0.2, 0) is 15.4 Å². The number of thioether (sulfide) groups is 1. The zero-order valence-electron chi connectivity index (χ0n) is 13.0. The molecule has 122 valence electrons. The third-order valence-corrected chi connectivity index (χ3v) is 4.54. The number of rotatable bonds is 5. The van der Waals surface area contributed by atoms with Crippen molar-refractivity contribution in [1.82, 2.24) is 5.06 Å². The zero-order valence-corrected chi connectivity index (χ0v) is 13.8. The second-order valence-electron chi connectivity index (χ2n) is 5.39. The molecule has 0 spiro atoms. The van der Waals surface area contributed by atoms with Crippen molar-refractivity contribution in [1.29, 1.82) is 0 Å². The molecule has 3 rings (SSSR count). The van der Waals surface area contributed by atoms with Crippen LogP contribution in [0, 0.1) is 6.92 Å². The molecule has 1 aliphatic rings. The number of nitrogens with zero attached hydrogens (tertiary/aromatic N) is 1. The number of hydrogen-bond acceptors (Lipinski definition) is 5. The van der Waals surface area contributed by atoms with E-state index < -0.39 is 17.8 Å². The minimum atomic E-state index is -0.624. The monoisotopic (exact) mass is 341 g/mol. The Kier molecular flexibility index (Phi) is 4.66. The standard InChI is InChI=1S/C18H15NO4S/c1-12-6-8-13(9-7-12)10-24-11-16(20)23-19-17(21)14-4-2-3-5-15(14)18(19)22/h2-9H,10-11H2,1H3. The van der Waals surface area contributed by atoms with Gasteiger partial charge in [0.05, 0.1) is 16.9 Å². The molecular formula is C18H15NO4S. The Morgan fingerprint density at radius 3 is 2.17 bits per heavy atom. The lowest BCUT2D eigenvalue weighted by molar-refractivity contribution is -0.165. The first-order valence-corrected chi connectivity index (χ1v) is 8.53. The normalized spacial score (nSPS) is 13.1. The highest BCUT2D eigenvalue weighted by molar-refractivity contribution is 7.99. The first kappa shape index (κ1) is 16.3. The van der Waals surface area contributed by atoms with Gasteiger partial charge in [-0.3, -0.25) is 9.59 Å². The molecule has 0 aromatic heterocycles. The number of aryl methyl sites for hydroxylation is 1. The van der Waals surface area contributed by atoms with Crippen molar-refractivity contribution in [2.24, 2.45) is 0 Å². The van der Waals surface area contributed by atoms with Gasteiger partial charge in [0.2, 0.25) is 0 Å². The van der Waals surface area contributed by atoms with Crippen LogP contribution in [0.1, 0.15) is 31.8 Å². The number of amides is 2. The Morgan fingerprint density at radius 2 is 1.58 bits per heavy atom. The highest BCUT2D eigenvalue weighted by atomic mass is 32.2. The number of fused-ring (bicyclic) bond motifs is 1. The Hall–Kier alpha value is -2.60. The Balaban J connectivity index is 1.53. The van der Waals surface area contributed by atoms with Gasteiger partial charge in [0.15, 0.2) is 0 Å². The molecule has 5 nitrogen and oxygen atoms in total. The molecule has 0 unspecified atom stereocenters. The van der Waals surface area contributed by atoms with Crippen molar-refractivity contribution in [2.45, 2.75) is 12.7 Å². The second-order valence-corrected chi connectivity index (χ2v) is 6.38. The molecule has 0 fully saturated rings. The summed E-state index contributed by atoms with van der Waals surface area (Å²) < 4.78 is 0. The van der Waals surface area contributed by atoms with E-state index in [2.05, 4.69) is 0 Å². The second kappa shape index (κ2) is 6.88. The molecule has 2 aromatic rings. The molecule has 0 atom stereocenters. The summed E-state index contributed by atoms with van der Waals surface area (Å²) in [4.78, 5) is 41.0. The molecule has 0 bridgehead atoms. The predicted octanol–water partition coefficient (Wildman–Crippen LogP) is 2.98. The number of hydrogen-bond donors (Lipinski definition) is 0. The number of imide groups is 1. The fourth-order valence-corrected chi connectivity index (χ4v) is 3.06. The zero-order chi connectivity index (χ0) is 17.1. The van der Waals surface area contributed by atoms with Crippen molar-refractivity contribution in [3.05, 3.63) is 70.8 Å². The lowest BCUT2D eigenvalue weighted by Gasteiger charge is -2.12. The van der Waals surface area contributed by atoms with Gasteiger partial charge in [-0.25, -0.2) is 4.79 Å². The highest BCUT2D eigenvalue weighted by Gasteiger charge is 2.38. The van der Waals surface area contributed by atoms with Crippen molar-refractivity contribution in [2.75, 3.05) is 5.75 Å². The molecule has 0 saturated carbocycles. The molecule has 0 aliphatic carbocycles. The number of carbonyl (C=O) groups excluding carboxylic acids is 3. The lowest BCUT2D eigenvalue weighted by atomic mass is 10.1. The van der Waals surface area contributed by atoms with Gasteiger partial charge in [0.1, 0.15) is 0 Å². The van der Waals surface area contributed by atoms with E-state index in [9.17, 15) is 14.4 Å². The first-order valence-electron chi connectivity index (χ1n) is 7.38. The first-order chi connectivity index (χ1) is 11.6. The van der Waals surface area contributed by atoms with Gasteiger partial charge in [0, 0.05) is 5.75 Å². The van der Waals surface area contributed by atoms with Gasteiger partial charge in [-0.1, -0.05) is 47.0 Å². The molecule has 1 aliphatic heterocycles. The fourth-order valence-electron chi connectivity index (χ4n) is 2.31. The number of carbonyl (C=O) groups is 3. The van der Waals surface area contributed by atoms with Crippen LogP contribution in [0.3, 0.4) is 0 Å². The van der Waals surface area contributed by atoms with Crippen LogP contribution in [-0.4, -0.2) is 28.6 Å². The van der Waals surface area contributed by atoms with E-state index in [1.165, 1.54) is 29.5 Å². The molecule has 1 heterocycles. The van der Waals surface area contributed by atoms with Gasteiger partial charge in [-0.15, -0.1) is 11.8 Å². The van der Waals surface area contributed by atoms with Gasteiger partial charge in [0.25, 0.3) is 11.8 Å². The fraction of sp³-hybridized carbons (Fsp3) is 0.167. The van der Waals surface area contributed by atoms with Crippen LogP contribution in [0.4, 0.5) is 0 Å². The average molecular weight is 341 g/mol. The minimum Gasteiger partial charge on any atom is -0.329 e. The van der Waals surface area contributed by atoms with E-state index in [1.54, 1.807) is 12.1 Å². The van der Waals surface area contributed by atoms with Gasteiger partial charge in [-0.05, 0) is 24.6 Å². The minimum absolute atomic E-state index is 0.0568. The SMILES string of the molecule is Cc1ccc(CSCC(=O)ON2C(=O)c3ccccc3C2=O)cc1. The lowest BCUT2D eigenvalue weighted by Crippen LogP contribution is -2.33. The molecule has 0 radical (unpaired) electrons. The van der Waals surface area contributed by atoms with Crippen LogP contribution in [0.15, 0.2) is 48.5 Å². The Morgan fingerprint density at radius 1 is 1.00 bits per heavy atom. The van der Waals surface area contributed by atoms with Crippen LogP contribution < -0.4 is 0 Å². The van der Waals surface area contributed by atoms with Crippen molar-refractivity contribution < 1.29 is 19.2 Å². The van der Waals surface area contributed by atoms with E-state index in [0.29, 0.717) is 10.8 Å². The van der Waals surface area contributed by atoms with E-state index >= 15 is 0 Å². The summed E-state index contributed by atoms with van der Waals surface area (Å²) in [6.45, 7) is 2.01. The van der Waals surface area contributed by atoms with Crippen LogP contribution in [0.2, 0.25) is 0 Å². The molecule has 24 heavy (non-hydrogen) atoms. The Labute approximate surface area is 143 Å². The quantitative estimate of drug-likeness (QED) is 0.782. The maximum absolute atomic E-state index is 12.1. The third-order valence-electron chi connectivity index (χ3n) is 3.56. The molecule has 0 saturated heterocycles. The van der Waals surface area contributed by atoms with Crippen LogP contribution in [0.25, 0.3) is 0 Å². The summed E-state index contributed by atoms with van der Waals surface area (Å²) in [5.74, 6) is -1.12. The maximum Gasteiger partial charge on any atom is 0.343 e. The van der Waals surface area contributed by atoms with Gasteiger partial charge in [-0.2, -0.15) is 0 Å². The number of hydroxylamine groups is 2. The van der Waals surface area contributed by atoms with Crippen LogP contribution in [0.5, 0.6) is 0 Å². The molecule has 6 heteroatoms. The van der Waals surface area contributed by atoms with Crippen molar-refractivity contribution in [3.63, 3.8) is 0 Å². The Bertz CT molecular complexity index is 766. The summed E-state index contributed by atoms with van der Waals surface area (Å²) in [7, 11) is 0. The summed E-state index contributed by atoms with van der Waals surface area (Å²) >= 11 is 1.37. The van der Waals surface area contributed by atoms with Crippen molar-refractivity contribution >= 4 is 29.5 Å². The summed E-state index contributed by atoms with van der Waals surface area (Å²) in [5.41, 5.74) is 2.78. The smallest absolute Gasteiger partial charge is 0.329 e. The molecule has 2 aromatic carbocycles. The summed E-state index contributed by atoms with van der Waals surface area (Å²) in [6, 6.07) is 14.4. The molecule has 0 N–H and O–H groups in total. The van der Waals surface area contributed by atoms with Gasteiger partial charge >= 0.3 is 5.97 Å². The summed E-state index contributed by atoms with van der Waals surface area (Å²) in [6.07, 6.45) is 0. The molecular weight excluding hydrogens is 326 g/mol. The van der Waals surface area contributed by atoms with Crippen LogP contribution >= 0.6 is 11.8 Å². The topological polar surface area (TPSA) is 63.7 Å². The predicted molar refractivity (Wildman–Crippen MR) is 90.4 cm³/mol. The summed E-state index contributed by atoms with van der Waals surface area (Å²) in [5, 5.41) is 0.541. The van der Waals surface area contributed by atoms with E-state index in [1.807, 2.05) is 31.2 Å². The largest absolute Gasteiger partial charge is 0.343 e. The van der Waals surface area contributed by atoms with Gasteiger partial charge < -0.3 is 4.84 Å².